The van der Waals surface area contributed by atoms with E-state index in [2.05, 4.69) is 15.4 Å². The molecule has 6 heteroatoms. The minimum Gasteiger partial charge on any atom is -0.465 e. The summed E-state index contributed by atoms with van der Waals surface area (Å²) in [6.07, 6.45) is 5.54. The third kappa shape index (κ3) is 4.97. The molecule has 2 aromatic rings. The van der Waals surface area contributed by atoms with Crippen LogP contribution in [0.15, 0.2) is 48.5 Å². The number of hydrogen-bond donors (Lipinski definition) is 2. The third-order valence-corrected chi connectivity index (χ3v) is 4.87. The van der Waals surface area contributed by atoms with Crippen LogP contribution in [-0.2, 0) is 4.74 Å². The van der Waals surface area contributed by atoms with Crippen LogP contribution in [0.3, 0.4) is 0 Å². The first kappa shape index (κ1) is 19.6. The lowest BCUT2D eigenvalue weighted by Crippen LogP contribution is -2.36. The molecule has 0 radical (unpaired) electrons. The van der Waals surface area contributed by atoms with Gasteiger partial charge in [0.2, 0.25) is 0 Å². The SMILES string of the molecule is COC(=O)c1cccc(C(=O)Nc2cccc(C(=O)NC3CCCCC3)c2)c1. The number of rotatable bonds is 5. The molecule has 2 aromatic carbocycles. The maximum atomic E-state index is 12.5. The maximum Gasteiger partial charge on any atom is 0.337 e. The van der Waals surface area contributed by atoms with Crippen LogP contribution in [0.1, 0.15) is 63.2 Å². The second-order valence-corrected chi connectivity index (χ2v) is 6.92. The van der Waals surface area contributed by atoms with Crippen LogP contribution >= 0.6 is 0 Å². The van der Waals surface area contributed by atoms with E-state index in [0.29, 0.717) is 22.4 Å². The summed E-state index contributed by atoms with van der Waals surface area (Å²) in [6.45, 7) is 0. The van der Waals surface area contributed by atoms with Crippen molar-refractivity contribution in [1.82, 2.24) is 5.32 Å². The molecule has 0 saturated heterocycles. The Morgan fingerprint density at radius 3 is 2.21 bits per heavy atom. The molecular weight excluding hydrogens is 356 g/mol. The highest BCUT2D eigenvalue weighted by Crippen LogP contribution is 2.19. The van der Waals surface area contributed by atoms with Gasteiger partial charge in [-0.2, -0.15) is 0 Å². The van der Waals surface area contributed by atoms with Gasteiger partial charge in [0.05, 0.1) is 12.7 Å². The van der Waals surface area contributed by atoms with Gasteiger partial charge in [-0.3, -0.25) is 9.59 Å². The Bertz CT molecular complexity index is 872. The predicted octanol–water partition coefficient (Wildman–Crippen LogP) is 3.79. The number of benzene rings is 2. The second-order valence-electron chi connectivity index (χ2n) is 6.92. The molecule has 3 rings (SSSR count). The van der Waals surface area contributed by atoms with Crippen molar-refractivity contribution in [1.29, 1.82) is 0 Å². The molecule has 1 aliphatic rings. The molecule has 28 heavy (non-hydrogen) atoms. The van der Waals surface area contributed by atoms with Gasteiger partial charge in [0.25, 0.3) is 11.8 Å². The van der Waals surface area contributed by atoms with Gasteiger partial charge >= 0.3 is 5.97 Å². The van der Waals surface area contributed by atoms with E-state index < -0.39 is 5.97 Å². The summed E-state index contributed by atoms with van der Waals surface area (Å²) in [5.41, 5.74) is 1.66. The van der Waals surface area contributed by atoms with Crippen LogP contribution in [0.5, 0.6) is 0 Å². The second kappa shape index (κ2) is 9.17. The van der Waals surface area contributed by atoms with Gasteiger partial charge in [-0.25, -0.2) is 4.79 Å². The molecule has 6 nitrogen and oxygen atoms in total. The number of anilines is 1. The van der Waals surface area contributed by atoms with Crippen LogP contribution in [0.25, 0.3) is 0 Å². The van der Waals surface area contributed by atoms with Gasteiger partial charge in [0.1, 0.15) is 0 Å². The van der Waals surface area contributed by atoms with Crippen molar-refractivity contribution in [2.24, 2.45) is 0 Å². The molecule has 1 aliphatic carbocycles. The Kier molecular flexibility index (Phi) is 6.42. The molecule has 146 valence electrons. The van der Waals surface area contributed by atoms with Gasteiger partial charge in [0.15, 0.2) is 0 Å². The Labute approximate surface area is 164 Å². The van der Waals surface area contributed by atoms with E-state index in [4.69, 9.17) is 0 Å². The van der Waals surface area contributed by atoms with Crippen molar-refractivity contribution in [3.05, 3.63) is 65.2 Å². The number of hydrogen-bond acceptors (Lipinski definition) is 4. The minimum atomic E-state index is -0.504. The topological polar surface area (TPSA) is 84.5 Å². The maximum absolute atomic E-state index is 12.5. The monoisotopic (exact) mass is 380 g/mol. The molecule has 0 atom stereocenters. The first-order valence-electron chi connectivity index (χ1n) is 9.47. The number of nitrogens with one attached hydrogen (secondary N) is 2. The number of carbonyl (C=O) groups excluding carboxylic acids is 3. The number of esters is 1. The van der Waals surface area contributed by atoms with Gasteiger partial charge in [-0.15, -0.1) is 0 Å². The first-order chi connectivity index (χ1) is 13.6. The lowest BCUT2D eigenvalue weighted by atomic mass is 9.95. The average Bonchev–Trinajstić information content (AvgIpc) is 2.74. The van der Waals surface area contributed by atoms with E-state index in [9.17, 15) is 14.4 Å². The zero-order valence-electron chi connectivity index (χ0n) is 15.9. The van der Waals surface area contributed by atoms with Crippen molar-refractivity contribution in [2.75, 3.05) is 12.4 Å². The van der Waals surface area contributed by atoms with E-state index in [1.165, 1.54) is 19.6 Å². The van der Waals surface area contributed by atoms with Gasteiger partial charge in [-0.1, -0.05) is 31.4 Å². The van der Waals surface area contributed by atoms with Gasteiger partial charge in [0, 0.05) is 22.9 Å². The summed E-state index contributed by atoms with van der Waals surface area (Å²) in [7, 11) is 1.29. The molecule has 1 saturated carbocycles. The largest absolute Gasteiger partial charge is 0.465 e. The summed E-state index contributed by atoms with van der Waals surface area (Å²) in [5, 5.41) is 5.84. The van der Waals surface area contributed by atoms with Crippen molar-refractivity contribution in [3.63, 3.8) is 0 Å². The van der Waals surface area contributed by atoms with Crippen molar-refractivity contribution >= 4 is 23.5 Å². The number of amides is 2. The molecular formula is C22H24N2O4. The fraction of sp³-hybridized carbons (Fsp3) is 0.318. The summed E-state index contributed by atoms with van der Waals surface area (Å²) in [4.78, 5) is 36.6. The number of carbonyl (C=O) groups is 3. The Morgan fingerprint density at radius 2 is 1.50 bits per heavy atom. The first-order valence-corrected chi connectivity index (χ1v) is 9.47. The molecule has 0 heterocycles. The summed E-state index contributed by atoms with van der Waals surface area (Å²) in [5.74, 6) is -0.998. The van der Waals surface area contributed by atoms with Crippen LogP contribution in [0.4, 0.5) is 5.69 Å². The quantitative estimate of drug-likeness (QED) is 0.773. The number of ether oxygens (including phenoxy) is 1. The number of methoxy groups -OCH3 is 1. The molecule has 2 amide bonds. The predicted molar refractivity (Wildman–Crippen MR) is 107 cm³/mol. The van der Waals surface area contributed by atoms with E-state index in [1.54, 1.807) is 42.5 Å². The van der Waals surface area contributed by atoms with Crippen molar-refractivity contribution in [3.8, 4) is 0 Å². The zero-order valence-corrected chi connectivity index (χ0v) is 15.9. The van der Waals surface area contributed by atoms with Crippen LogP contribution < -0.4 is 10.6 Å². The average molecular weight is 380 g/mol. The van der Waals surface area contributed by atoms with Crippen LogP contribution in [-0.4, -0.2) is 30.9 Å². The Balaban J connectivity index is 1.67. The standard InChI is InChI=1S/C22H24N2O4/c1-28-22(27)17-9-5-7-15(13-17)20(25)24-19-12-6-8-16(14-19)21(26)23-18-10-3-2-4-11-18/h5-9,12-14,18H,2-4,10-11H2,1H3,(H,23,26)(H,24,25). The van der Waals surface area contributed by atoms with Gasteiger partial charge in [-0.05, 0) is 49.2 Å². The lowest BCUT2D eigenvalue weighted by Gasteiger charge is -2.22. The van der Waals surface area contributed by atoms with Crippen LogP contribution in [0.2, 0.25) is 0 Å². The fourth-order valence-corrected chi connectivity index (χ4v) is 3.36. The molecule has 0 unspecified atom stereocenters. The molecule has 0 aromatic heterocycles. The highest BCUT2D eigenvalue weighted by molar-refractivity contribution is 6.06. The van der Waals surface area contributed by atoms with E-state index in [0.717, 1.165) is 25.7 Å². The van der Waals surface area contributed by atoms with Crippen molar-refractivity contribution < 1.29 is 19.1 Å². The molecule has 1 fully saturated rings. The third-order valence-electron chi connectivity index (χ3n) is 4.87. The van der Waals surface area contributed by atoms with E-state index in [1.807, 2.05) is 0 Å². The highest BCUT2D eigenvalue weighted by Gasteiger charge is 2.17. The lowest BCUT2D eigenvalue weighted by molar-refractivity contribution is 0.0600. The minimum absolute atomic E-state index is 0.129. The normalized spacial score (nSPS) is 14.2. The van der Waals surface area contributed by atoms with Crippen LogP contribution in [0, 0.1) is 0 Å². The molecule has 0 bridgehead atoms. The zero-order chi connectivity index (χ0) is 19.9. The molecule has 0 spiro atoms. The molecule has 0 aliphatic heterocycles. The van der Waals surface area contributed by atoms with E-state index in [-0.39, 0.29) is 17.9 Å². The van der Waals surface area contributed by atoms with Crippen molar-refractivity contribution in [2.45, 2.75) is 38.1 Å². The highest BCUT2D eigenvalue weighted by atomic mass is 16.5. The summed E-state index contributed by atoms with van der Waals surface area (Å²) in [6, 6.07) is 13.3. The smallest absolute Gasteiger partial charge is 0.337 e. The Hall–Kier alpha value is -3.15. The van der Waals surface area contributed by atoms with E-state index >= 15 is 0 Å². The fourth-order valence-electron chi connectivity index (χ4n) is 3.36. The summed E-state index contributed by atoms with van der Waals surface area (Å²) < 4.78 is 4.68. The van der Waals surface area contributed by atoms with Gasteiger partial charge < -0.3 is 15.4 Å². The Morgan fingerprint density at radius 1 is 0.857 bits per heavy atom. The molecule has 2 N–H and O–H groups in total. The summed E-state index contributed by atoms with van der Waals surface area (Å²) >= 11 is 0.